The second kappa shape index (κ2) is 6.61. The first-order valence-corrected chi connectivity index (χ1v) is 11.4. The molecular formula is C23H17N5O2S. The maximum atomic E-state index is 13.3. The molecule has 0 fully saturated rings. The Hall–Kier alpha value is -3.78. The van der Waals surface area contributed by atoms with E-state index in [4.69, 9.17) is 4.98 Å². The van der Waals surface area contributed by atoms with E-state index >= 15 is 0 Å². The molecule has 0 aliphatic carbocycles. The van der Waals surface area contributed by atoms with Gasteiger partial charge in [0.15, 0.2) is 5.65 Å². The van der Waals surface area contributed by atoms with E-state index in [1.165, 1.54) is 10.1 Å². The molecule has 0 N–H and O–H groups in total. The topological polar surface area (TPSA) is 80.5 Å². The molecule has 0 amide bonds. The number of fused-ring (bicyclic) bond motifs is 4. The van der Waals surface area contributed by atoms with Crippen LogP contribution in [0.2, 0.25) is 0 Å². The van der Waals surface area contributed by atoms with E-state index in [-0.39, 0.29) is 15.6 Å². The molecular weight excluding hydrogens is 410 g/mol. The van der Waals surface area contributed by atoms with E-state index in [2.05, 4.69) is 27.3 Å². The summed E-state index contributed by atoms with van der Waals surface area (Å²) in [5, 5.41) is 8.96. The van der Waals surface area contributed by atoms with Gasteiger partial charge in [-0.15, -0.1) is 5.10 Å². The summed E-state index contributed by atoms with van der Waals surface area (Å²) < 4.78 is 28.1. The molecule has 1 aliphatic rings. The quantitative estimate of drug-likeness (QED) is 0.436. The molecule has 0 unspecified atom stereocenters. The van der Waals surface area contributed by atoms with Crippen LogP contribution in [0.25, 0.3) is 16.6 Å². The number of benzene rings is 3. The van der Waals surface area contributed by atoms with Crippen molar-refractivity contribution in [1.82, 2.24) is 19.8 Å². The highest BCUT2D eigenvalue weighted by Gasteiger charge is 2.29. The first-order valence-electron chi connectivity index (χ1n) is 9.94. The molecule has 3 aromatic carbocycles. The zero-order chi connectivity index (χ0) is 21.0. The highest BCUT2D eigenvalue weighted by molar-refractivity contribution is 7.91. The fraction of sp³-hybridized carbons (Fsp3) is 0.0870. The molecule has 5 aromatic rings. The first kappa shape index (κ1) is 18.0. The highest BCUT2D eigenvalue weighted by Crippen LogP contribution is 2.38. The summed E-state index contributed by atoms with van der Waals surface area (Å²) in [6, 6.07) is 24.2. The Morgan fingerprint density at radius 1 is 0.839 bits per heavy atom. The summed E-state index contributed by atoms with van der Waals surface area (Å²) in [4.78, 5) is 7.13. The SMILES string of the molecule is O=S(=O)(c1ccccc1)c1nnn2c1nc(N1CCc3ccccc31)c1ccccc12. The van der Waals surface area contributed by atoms with Crippen LogP contribution in [0.4, 0.5) is 11.5 Å². The van der Waals surface area contributed by atoms with Crippen LogP contribution in [0, 0.1) is 0 Å². The third-order valence-electron chi connectivity index (χ3n) is 5.65. The van der Waals surface area contributed by atoms with Gasteiger partial charge in [-0.25, -0.2) is 13.4 Å². The number of hydrogen-bond acceptors (Lipinski definition) is 6. The van der Waals surface area contributed by atoms with Crippen molar-refractivity contribution in [2.24, 2.45) is 0 Å². The second-order valence-electron chi connectivity index (χ2n) is 7.43. The largest absolute Gasteiger partial charge is 0.325 e. The van der Waals surface area contributed by atoms with Gasteiger partial charge in [-0.3, -0.25) is 0 Å². The Labute approximate surface area is 178 Å². The highest BCUT2D eigenvalue weighted by atomic mass is 32.2. The van der Waals surface area contributed by atoms with E-state index in [0.29, 0.717) is 5.82 Å². The van der Waals surface area contributed by atoms with E-state index in [0.717, 1.165) is 29.6 Å². The van der Waals surface area contributed by atoms with Crippen molar-refractivity contribution in [2.45, 2.75) is 16.3 Å². The lowest BCUT2D eigenvalue weighted by Gasteiger charge is -2.20. The van der Waals surface area contributed by atoms with Crippen LogP contribution in [-0.4, -0.2) is 34.8 Å². The molecule has 0 saturated heterocycles. The summed E-state index contributed by atoms with van der Waals surface area (Å²) in [5.74, 6) is 0.708. The number of sulfone groups is 1. The number of nitrogens with zero attached hydrogens (tertiary/aromatic N) is 5. The predicted octanol–water partition coefficient (Wildman–Crippen LogP) is 3.80. The summed E-state index contributed by atoms with van der Waals surface area (Å²) in [7, 11) is -3.87. The van der Waals surface area contributed by atoms with Gasteiger partial charge in [0.25, 0.3) is 0 Å². The Morgan fingerprint density at radius 2 is 1.58 bits per heavy atom. The van der Waals surface area contributed by atoms with Crippen molar-refractivity contribution in [3.05, 3.63) is 84.4 Å². The summed E-state index contributed by atoms with van der Waals surface area (Å²) in [6.07, 6.45) is 0.907. The molecule has 0 spiro atoms. The maximum absolute atomic E-state index is 13.3. The predicted molar refractivity (Wildman–Crippen MR) is 117 cm³/mol. The zero-order valence-corrected chi connectivity index (χ0v) is 17.2. The number of hydrogen-bond donors (Lipinski definition) is 0. The molecule has 1 aliphatic heterocycles. The van der Waals surface area contributed by atoms with Crippen molar-refractivity contribution < 1.29 is 8.42 Å². The minimum absolute atomic E-state index is 0.141. The molecule has 6 rings (SSSR count). The van der Waals surface area contributed by atoms with Crippen LogP contribution in [0.5, 0.6) is 0 Å². The third-order valence-corrected chi connectivity index (χ3v) is 7.32. The molecule has 7 nitrogen and oxygen atoms in total. The van der Waals surface area contributed by atoms with E-state index in [9.17, 15) is 8.42 Å². The van der Waals surface area contributed by atoms with E-state index < -0.39 is 9.84 Å². The summed E-state index contributed by atoms with van der Waals surface area (Å²) in [6.45, 7) is 0.773. The van der Waals surface area contributed by atoms with Crippen molar-refractivity contribution in [3.63, 3.8) is 0 Å². The van der Waals surface area contributed by atoms with Crippen LogP contribution in [0.3, 0.4) is 0 Å². The first-order chi connectivity index (χ1) is 15.1. The standard InChI is InChI=1S/C23H17N5O2S/c29-31(30,17-9-2-1-3-10-17)23-22-24-21(27-15-14-16-8-4-6-12-19(16)27)18-11-5-7-13-20(18)28(22)26-25-23/h1-13H,14-15H2. The molecule has 0 bridgehead atoms. The van der Waals surface area contributed by atoms with Gasteiger partial charge in [-0.1, -0.05) is 53.7 Å². The van der Waals surface area contributed by atoms with Crippen molar-refractivity contribution in [2.75, 3.05) is 11.4 Å². The molecule has 8 heteroatoms. The average molecular weight is 427 g/mol. The fourth-order valence-corrected chi connectivity index (χ4v) is 5.43. The zero-order valence-electron chi connectivity index (χ0n) is 16.4. The van der Waals surface area contributed by atoms with Crippen LogP contribution < -0.4 is 4.90 Å². The fourth-order valence-electron chi connectivity index (χ4n) is 4.18. The smallest absolute Gasteiger partial charge is 0.229 e. The van der Waals surface area contributed by atoms with Gasteiger partial charge in [-0.2, -0.15) is 4.52 Å². The van der Waals surface area contributed by atoms with Gasteiger partial charge in [0.1, 0.15) is 5.82 Å². The number of anilines is 2. The van der Waals surface area contributed by atoms with Gasteiger partial charge < -0.3 is 4.90 Å². The van der Waals surface area contributed by atoms with Crippen molar-refractivity contribution in [1.29, 1.82) is 0 Å². The van der Waals surface area contributed by atoms with Gasteiger partial charge in [-0.05, 0) is 42.3 Å². The third kappa shape index (κ3) is 2.65. The summed E-state index contributed by atoms with van der Waals surface area (Å²) >= 11 is 0. The summed E-state index contributed by atoms with van der Waals surface area (Å²) in [5.41, 5.74) is 3.32. The van der Waals surface area contributed by atoms with Crippen molar-refractivity contribution in [3.8, 4) is 0 Å². The number of rotatable bonds is 3. The molecule has 31 heavy (non-hydrogen) atoms. The van der Waals surface area contributed by atoms with Crippen LogP contribution in [0.1, 0.15) is 5.56 Å². The Bertz CT molecular complexity index is 1560. The lowest BCUT2D eigenvalue weighted by Crippen LogP contribution is -2.16. The number of para-hydroxylation sites is 2. The van der Waals surface area contributed by atoms with Crippen LogP contribution in [0.15, 0.2) is 88.8 Å². The second-order valence-corrected chi connectivity index (χ2v) is 9.29. The lowest BCUT2D eigenvalue weighted by atomic mass is 10.2. The maximum Gasteiger partial charge on any atom is 0.229 e. The monoisotopic (exact) mass is 427 g/mol. The molecule has 3 heterocycles. The molecule has 2 aromatic heterocycles. The number of aromatic nitrogens is 4. The molecule has 0 atom stereocenters. The van der Waals surface area contributed by atoms with Crippen LogP contribution >= 0.6 is 0 Å². The van der Waals surface area contributed by atoms with E-state index in [1.807, 2.05) is 36.4 Å². The normalized spacial score (nSPS) is 13.7. The molecule has 0 saturated carbocycles. The minimum atomic E-state index is -3.87. The lowest BCUT2D eigenvalue weighted by molar-refractivity contribution is 0.592. The van der Waals surface area contributed by atoms with Gasteiger partial charge in [0.2, 0.25) is 14.9 Å². The van der Waals surface area contributed by atoms with Gasteiger partial charge in [0.05, 0.1) is 10.4 Å². The van der Waals surface area contributed by atoms with E-state index in [1.54, 1.807) is 30.3 Å². The van der Waals surface area contributed by atoms with Gasteiger partial charge >= 0.3 is 0 Å². The Kier molecular flexibility index (Phi) is 3.85. The molecule has 152 valence electrons. The molecule has 0 radical (unpaired) electrons. The Morgan fingerprint density at radius 3 is 2.45 bits per heavy atom. The minimum Gasteiger partial charge on any atom is -0.325 e. The van der Waals surface area contributed by atoms with Crippen LogP contribution in [-0.2, 0) is 16.3 Å². The average Bonchev–Trinajstić information content (AvgIpc) is 3.44. The van der Waals surface area contributed by atoms with Crippen molar-refractivity contribution >= 4 is 37.9 Å². The van der Waals surface area contributed by atoms with Gasteiger partial charge in [0, 0.05) is 17.6 Å². The Balaban J connectivity index is 1.65.